The molecule has 2 aromatic rings. The van der Waals surface area contributed by atoms with Crippen LogP contribution in [0.4, 0.5) is 0 Å². The Labute approximate surface area is 164 Å². The third-order valence-electron chi connectivity index (χ3n) is 5.32. The summed E-state index contributed by atoms with van der Waals surface area (Å²) in [5.74, 6) is 2.70. The minimum Gasteiger partial charge on any atom is -0.497 e. The molecule has 27 heavy (non-hydrogen) atoms. The Hall–Kier alpha value is -1.57. The molecule has 1 aliphatic heterocycles. The van der Waals surface area contributed by atoms with Crippen molar-refractivity contribution in [3.8, 4) is 17.1 Å². The predicted molar refractivity (Wildman–Crippen MR) is 105 cm³/mol. The van der Waals surface area contributed by atoms with Crippen LogP contribution in [-0.2, 0) is 9.47 Å². The number of hydrogen-bond donors (Lipinski definition) is 0. The molecule has 1 saturated heterocycles. The second kappa shape index (κ2) is 9.08. The fourth-order valence-corrected chi connectivity index (χ4v) is 4.85. The van der Waals surface area contributed by atoms with Gasteiger partial charge in [0.25, 0.3) is 0 Å². The fraction of sp³-hybridized carbons (Fsp3) is 0.600. The number of aromatic nitrogens is 3. The standard InChI is InChI=1S/C20H27N3O3S/c1-24-17-9-7-15(8-10-17)19-21-22-20(23(19)16-5-3-2-4-6-16)27-13-18-11-12-25-14-26-18/h7-10,16,18H,2-6,11-14H2,1H3/t18-/m1/s1. The zero-order chi connectivity index (χ0) is 18.5. The molecule has 1 atom stereocenters. The Kier molecular flexibility index (Phi) is 6.32. The number of rotatable bonds is 6. The van der Waals surface area contributed by atoms with E-state index in [9.17, 15) is 0 Å². The van der Waals surface area contributed by atoms with Gasteiger partial charge in [0.1, 0.15) is 12.5 Å². The zero-order valence-electron chi connectivity index (χ0n) is 15.8. The molecule has 2 aliphatic rings. The molecule has 1 saturated carbocycles. The van der Waals surface area contributed by atoms with Crippen molar-refractivity contribution in [2.45, 2.75) is 55.8 Å². The van der Waals surface area contributed by atoms with Crippen molar-refractivity contribution in [1.29, 1.82) is 0 Å². The smallest absolute Gasteiger partial charge is 0.191 e. The minimum atomic E-state index is 0.227. The van der Waals surface area contributed by atoms with Crippen LogP contribution in [0.15, 0.2) is 29.4 Å². The fourth-order valence-electron chi connectivity index (χ4n) is 3.78. The highest BCUT2D eigenvalue weighted by Gasteiger charge is 2.25. The lowest BCUT2D eigenvalue weighted by Gasteiger charge is -2.26. The minimum absolute atomic E-state index is 0.227. The lowest BCUT2D eigenvalue weighted by molar-refractivity contribution is -0.130. The molecular weight excluding hydrogens is 362 g/mol. The Morgan fingerprint density at radius 3 is 2.63 bits per heavy atom. The van der Waals surface area contributed by atoms with E-state index < -0.39 is 0 Å². The summed E-state index contributed by atoms with van der Waals surface area (Å²) in [6.45, 7) is 1.18. The number of nitrogens with zero attached hydrogens (tertiary/aromatic N) is 3. The van der Waals surface area contributed by atoms with Crippen LogP contribution in [0.5, 0.6) is 5.75 Å². The summed E-state index contributed by atoms with van der Waals surface area (Å²) in [6.07, 6.45) is 7.44. The van der Waals surface area contributed by atoms with Crippen LogP contribution in [0.3, 0.4) is 0 Å². The van der Waals surface area contributed by atoms with Gasteiger partial charge < -0.3 is 14.2 Å². The van der Waals surface area contributed by atoms with Gasteiger partial charge in [-0.25, -0.2) is 0 Å². The number of methoxy groups -OCH3 is 1. The van der Waals surface area contributed by atoms with Crippen LogP contribution in [0.25, 0.3) is 11.4 Å². The molecule has 0 bridgehead atoms. The molecule has 0 amide bonds. The molecule has 6 nitrogen and oxygen atoms in total. The van der Waals surface area contributed by atoms with Crippen LogP contribution in [0, 0.1) is 0 Å². The Morgan fingerprint density at radius 2 is 1.93 bits per heavy atom. The summed E-state index contributed by atoms with van der Waals surface area (Å²) in [5.41, 5.74) is 1.09. The van der Waals surface area contributed by atoms with Crippen molar-refractivity contribution in [2.24, 2.45) is 0 Å². The van der Waals surface area contributed by atoms with E-state index >= 15 is 0 Å². The molecule has 0 N–H and O–H groups in total. The SMILES string of the molecule is COc1ccc(-c2nnc(SC[C@H]3CCOCO3)n2C2CCCCC2)cc1. The highest BCUT2D eigenvalue weighted by Crippen LogP contribution is 2.36. The van der Waals surface area contributed by atoms with E-state index in [1.165, 1.54) is 32.1 Å². The van der Waals surface area contributed by atoms with E-state index in [1.54, 1.807) is 18.9 Å². The van der Waals surface area contributed by atoms with Gasteiger partial charge in [0.2, 0.25) is 0 Å². The lowest BCUT2D eigenvalue weighted by atomic mass is 9.95. The predicted octanol–water partition coefficient (Wildman–Crippen LogP) is 4.31. The number of hydrogen-bond acceptors (Lipinski definition) is 6. The average molecular weight is 390 g/mol. The summed E-state index contributed by atoms with van der Waals surface area (Å²) in [5, 5.41) is 10.1. The first-order valence-electron chi connectivity index (χ1n) is 9.76. The Bertz CT molecular complexity index is 723. The first-order valence-corrected chi connectivity index (χ1v) is 10.7. The molecule has 0 spiro atoms. The van der Waals surface area contributed by atoms with Gasteiger partial charge in [-0.1, -0.05) is 31.0 Å². The molecule has 7 heteroatoms. The molecular formula is C20H27N3O3S. The summed E-state index contributed by atoms with van der Waals surface area (Å²) in [4.78, 5) is 0. The molecule has 2 heterocycles. The van der Waals surface area contributed by atoms with Crippen LogP contribution < -0.4 is 4.74 Å². The van der Waals surface area contributed by atoms with Gasteiger partial charge in [-0.05, 0) is 43.5 Å². The van der Waals surface area contributed by atoms with Crippen molar-refractivity contribution >= 4 is 11.8 Å². The number of ether oxygens (including phenoxy) is 3. The van der Waals surface area contributed by atoms with Crippen molar-refractivity contribution < 1.29 is 14.2 Å². The van der Waals surface area contributed by atoms with E-state index in [-0.39, 0.29) is 6.10 Å². The monoisotopic (exact) mass is 389 g/mol. The molecule has 2 fully saturated rings. The lowest BCUT2D eigenvalue weighted by Crippen LogP contribution is -2.26. The molecule has 0 unspecified atom stereocenters. The maximum absolute atomic E-state index is 5.69. The highest BCUT2D eigenvalue weighted by molar-refractivity contribution is 7.99. The molecule has 4 rings (SSSR count). The maximum atomic E-state index is 5.69. The van der Waals surface area contributed by atoms with Crippen LogP contribution in [0.1, 0.15) is 44.6 Å². The Morgan fingerprint density at radius 1 is 1.11 bits per heavy atom. The summed E-state index contributed by atoms with van der Waals surface area (Å²) < 4.78 is 18.6. The van der Waals surface area contributed by atoms with Crippen molar-refractivity contribution in [3.63, 3.8) is 0 Å². The second-order valence-corrected chi connectivity index (χ2v) is 8.10. The molecule has 146 valence electrons. The van der Waals surface area contributed by atoms with Gasteiger partial charge in [0.05, 0.1) is 19.8 Å². The molecule has 1 aromatic heterocycles. The maximum Gasteiger partial charge on any atom is 0.191 e. The largest absolute Gasteiger partial charge is 0.497 e. The summed E-state index contributed by atoms with van der Waals surface area (Å²) in [6, 6.07) is 8.58. The number of thioether (sulfide) groups is 1. The number of benzene rings is 1. The van der Waals surface area contributed by atoms with E-state index in [0.717, 1.165) is 41.1 Å². The van der Waals surface area contributed by atoms with Gasteiger partial charge in [0, 0.05) is 17.4 Å². The highest BCUT2D eigenvalue weighted by atomic mass is 32.2. The van der Waals surface area contributed by atoms with Gasteiger partial charge in [-0.15, -0.1) is 10.2 Å². The van der Waals surface area contributed by atoms with Crippen LogP contribution in [0.2, 0.25) is 0 Å². The van der Waals surface area contributed by atoms with Crippen molar-refractivity contribution in [2.75, 3.05) is 26.3 Å². The first kappa shape index (κ1) is 18.8. The molecule has 0 radical (unpaired) electrons. The quantitative estimate of drug-likeness (QED) is 0.686. The van der Waals surface area contributed by atoms with Crippen LogP contribution in [-0.4, -0.2) is 47.1 Å². The third-order valence-corrected chi connectivity index (χ3v) is 6.40. The van der Waals surface area contributed by atoms with Gasteiger partial charge in [-0.2, -0.15) is 0 Å². The van der Waals surface area contributed by atoms with Crippen molar-refractivity contribution in [3.05, 3.63) is 24.3 Å². The van der Waals surface area contributed by atoms with E-state index in [1.807, 2.05) is 12.1 Å². The molecule has 1 aromatic carbocycles. The topological polar surface area (TPSA) is 58.4 Å². The first-order chi connectivity index (χ1) is 13.3. The van der Waals surface area contributed by atoms with Crippen LogP contribution >= 0.6 is 11.8 Å². The average Bonchev–Trinajstić information content (AvgIpc) is 3.17. The third kappa shape index (κ3) is 4.47. The molecule has 1 aliphatic carbocycles. The second-order valence-electron chi connectivity index (χ2n) is 7.11. The Balaban J connectivity index is 1.58. The van der Waals surface area contributed by atoms with Gasteiger partial charge in [0.15, 0.2) is 11.0 Å². The van der Waals surface area contributed by atoms with Crippen molar-refractivity contribution in [1.82, 2.24) is 14.8 Å². The summed E-state index contributed by atoms with van der Waals surface area (Å²) >= 11 is 1.75. The van der Waals surface area contributed by atoms with E-state index in [4.69, 9.17) is 14.2 Å². The van der Waals surface area contributed by atoms with Gasteiger partial charge >= 0.3 is 0 Å². The van der Waals surface area contributed by atoms with E-state index in [2.05, 4.69) is 26.9 Å². The normalized spacial score (nSPS) is 21.3. The van der Waals surface area contributed by atoms with E-state index in [0.29, 0.717) is 12.8 Å². The zero-order valence-corrected chi connectivity index (χ0v) is 16.6. The summed E-state index contributed by atoms with van der Waals surface area (Å²) in [7, 11) is 1.69. The van der Waals surface area contributed by atoms with Gasteiger partial charge in [-0.3, -0.25) is 4.57 Å².